The van der Waals surface area contributed by atoms with Crippen LogP contribution in [-0.2, 0) is 33.0 Å². The lowest BCUT2D eigenvalue weighted by molar-refractivity contribution is 0.605. The third-order valence-electron chi connectivity index (χ3n) is 4.84. The molecule has 6 heteroatoms. The maximum Gasteiger partial charge on any atom is 0.258 e. The Morgan fingerprint density at radius 2 is 1.62 bits per heavy atom. The Hall–Kier alpha value is -2.70. The van der Waals surface area contributed by atoms with Crippen molar-refractivity contribution in [2.24, 2.45) is 0 Å². The molecule has 0 bridgehead atoms. The van der Waals surface area contributed by atoms with Gasteiger partial charge in [-0.05, 0) is 59.9 Å². The Morgan fingerprint density at radius 3 is 2.45 bits per heavy atom. The number of anilines is 1. The zero-order chi connectivity index (χ0) is 20.3. The van der Waals surface area contributed by atoms with Gasteiger partial charge in [-0.25, -0.2) is 8.42 Å². The molecule has 0 aromatic heterocycles. The highest BCUT2D eigenvalue weighted by atomic mass is 32.2. The average molecular weight is 424 g/mol. The Labute approximate surface area is 173 Å². The van der Waals surface area contributed by atoms with Gasteiger partial charge in [0.05, 0.1) is 21.5 Å². The molecule has 1 aliphatic rings. The predicted molar refractivity (Wildman–Crippen MR) is 118 cm³/mol. The summed E-state index contributed by atoms with van der Waals surface area (Å²) in [5, 5.41) is 0. The van der Waals surface area contributed by atoms with Gasteiger partial charge in [-0.2, -0.15) is 0 Å². The van der Waals surface area contributed by atoms with Gasteiger partial charge in [0.25, 0.3) is 10.0 Å². The van der Waals surface area contributed by atoms with E-state index in [0.717, 1.165) is 21.6 Å². The van der Waals surface area contributed by atoms with Crippen LogP contribution in [0.15, 0.2) is 88.7 Å². The minimum absolute atomic E-state index is 0.329. The van der Waals surface area contributed by atoms with Crippen LogP contribution in [0.3, 0.4) is 0 Å². The molecule has 0 radical (unpaired) electrons. The van der Waals surface area contributed by atoms with Crippen molar-refractivity contribution in [3.8, 4) is 0 Å². The van der Waals surface area contributed by atoms with Gasteiger partial charge in [0, 0.05) is 10.6 Å². The van der Waals surface area contributed by atoms with Crippen LogP contribution in [0, 0.1) is 0 Å². The van der Waals surface area contributed by atoms with Gasteiger partial charge in [0.15, 0.2) is 0 Å². The standard InChI is InChI=1S/C23H21NO3S2/c25-28(22-11-2-1-3-12-22)17-18-7-6-10-21(15-18)24-29(26,27)23-14-13-19-8-4-5-9-20(19)16-23/h1-12,15-16,24H,13-14,17H2. The number of sulfonamides is 1. The third-order valence-corrected chi connectivity index (χ3v) is 7.75. The Kier molecular flexibility index (Phi) is 5.65. The Bertz CT molecular complexity index is 1190. The lowest BCUT2D eigenvalue weighted by Gasteiger charge is -2.17. The molecule has 1 aliphatic carbocycles. The minimum Gasteiger partial charge on any atom is -0.280 e. The number of nitrogens with one attached hydrogen (secondary N) is 1. The second-order valence-corrected chi connectivity index (χ2v) is 10.1. The first kappa shape index (κ1) is 19.6. The molecule has 3 aromatic rings. The second kappa shape index (κ2) is 8.35. The van der Waals surface area contributed by atoms with Crippen molar-refractivity contribution >= 4 is 32.6 Å². The van der Waals surface area contributed by atoms with E-state index in [1.807, 2.05) is 60.7 Å². The van der Waals surface area contributed by atoms with Crippen molar-refractivity contribution in [1.29, 1.82) is 0 Å². The van der Waals surface area contributed by atoms with Crippen LogP contribution in [-0.4, -0.2) is 12.6 Å². The van der Waals surface area contributed by atoms with Gasteiger partial charge >= 0.3 is 0 Å². The predicted octanol–water partition coefficient (Wildman–Crippen LogP) is 4.72. The molecule has 1 unspecified atom stereocenters. The van der Waals surface area contributed by atoms with E-state index in [0.29, 0.717) is 29.2 Å². The largest absolute Gasteiger partial charge is 0.280 e. The highest BCUT2D eigenvalue weighted by molar-refractivity contribution is 7.96. The molecule has 0 heterocycles. The van der Waals surface area contributed by atoms with E-state index in [2.05, 4.69) is 4.72 Å². The molecule has 29 heavy (non-hydrogen) atoms. The Balaban J connectivity index is 1.52. The van der Waals surface area contributed by atoms with Crippen LogP contribution < -0.4 is 4.72 Å². The van der Waals surface area contributed by atoms with Crippen molar-refractivity contribution in [2.45, 2.75) is 23.5 Å². The number of benzene rings is 3. The lowest BCUT2D eigenvalue weighted by atomic mass is 9.98. The van der Waals surface area contributed by atoms with Crippen molar-refractivity contribution in [3.05, 3.63) is 100 Å². The van der Waals surface area contributed by atoms with Crippen molar-refractivity contribution in [3.63, 3.8) is 0 Å². The third kappa shape index (κ3) is 4.66. The molecule has 0 saturated heterocycles. The van der Waals surface area contributed by atoms with E-state index < -0.39 is 20.8 Å². The van der Waals surface area contributed by atoms with E-state index in [4.69, 9.17) is 0 Å². The summed E-state index contributed by atoms with van der Waals surface area (Å²) in [7, 11) is -4.82. The maximum absolute atomic E-state index is 12.9. The molecule has 1 N–H and O–H groups in total. The first-order valence-corrected chi connectivity index (χ1v) is 12.2. The van der Waals surface area contributed by atoms with Crippen LogP contribution in [0.1, 0.15) is 23.1 Å². The van der Waals surface area contributed by atoms with Gasteiger partial charge in [-0.3, -0.25) is 8.93 Å². The van der Waals surface area contributed by atoms with Crippen LogP contribution in [0.4, 0.5) is 5.69 Å². The minimum atomic E-state index is -3.64. The number of allylic oxidation sites excluding steroid dienone is 1. The zero-order valence-corrected chi connectivity index (χ0v) is 17.4. The van der Waals surface area contributed by atoms with E-state index in [9.17, 15) is 12.6 Å². The molecule has 4 rings (SSSR count). The van der Waals surface area contributed by atoms with Crippen molar-refractivity contribution < 1.29 is 12.6 Å². The molecule has 1 atom stereocenters. The van der Waals surface area contributed by atoms with Gasteiger partial charge in [0.1, 0.15) is 0 Å². The average Bonchev–Trinajstić information content (AvgIpc) is 2.74. The number of aryl methyl sites for hydroxylation is 1. The van der Waals surface area contributed by atoms with E-state index in [1.54, 1.807) is 24.3 Å². The molecule has 3 aromatic carbocycles. The summed E-state index contributed by atoms with van der Waals surface area (Å²) in [6, 6.07) is 24.2. The van der Waals surface area contributed by atoms with Crippen molar-refractivity contribution in [1.82, 2.24) is 0 Å². The van der Waals surface area contributed by atoms with E-state index in [1.165, 1.54) is 0 Å². The van der Waals surface area contributed by atoms with Crippen LogP contribution in [0.25, 0.3) is 6.08 Å². The smallest absolute Gasteiger partial charge is 0.258 e. The molecule has 148 valence electrons. The summed E-state index contributed by atoms with van der Waals surface area (Å²) in [5.74, 6) is 0.329. The zero-order valence-electron chi connectivity index (χ0n) is 15.7. The van der Waals surface area contributed by atoms with E-state index >= 15 is 0 Å². The summed E-state index contributed by atoms with van der Waals surface area (Å²) in [6.45, 7) is 0. The molecule has 0 aliphatic heterocycles. The highest BCUT2D eigenvalue weighted by Crippen LogP contribution is 2.28. The van der Waals surface area contributed by atoms with Gasteiger partial charge < -0.3 is 0 Å². The first-order valence-electron chi connectivity index (χ1n) is 9.35. The first-order chi connectivity index (χ1) is 14.0. The second-order valence-electron chi connectivity index (χ2n) is 6.92. The maximum atomic E-state index is 12.9. The van der Waals surface area contributed by atoms with Crippen LogP contribution in [0.5, 0.6) is 0 Å². The number of rotatable bonds is 6. The highest BCUT2D eigenvalue weighted by Gasteiger charge is 2.21. The summed E-state index contributed by atoms with van der Waals surface area (Å²) in [5.41, 5.74) is 3.41. The van der Waals surface area contributed by atoms with E-state index in [-0.39, 0.29) is 0 Å². The quantitative estimate of drug-likeness (QED) is 0.624. The van der Waals surface area contributed by atoms with Gasteiger partial charge in [-0.15, -0.1) is 0 Å². The fourth-order valence-electron chi connectivity index (χ4n) is 3.37. The molecule has 0 spiro atoms. The summed E-state index contributed by atoms with van der Waals surface area (Å²) < 4.78 is 41.0. The molecular weight excluding hydrogens is 402 g/mol. The van der Waals surface area contributed by atoms with Crippen LogP contribution in [0.2, 0.25) is 0 Å². The lowest BCUT2D eigenvalue weighted by Crippen LogP contribution is -2.17. The van der Waals surface area contributed by atoms with Gasteiger partial charge in [-0.1, -0.05) is 54.6 Å². The summed E-state index contributed by atoms with van der Waals surface area (Å²) in [6.07, 6.45) is 2.93. The molecule has 0 amide bonds. The fourth-order valence-corrected chi connectivity index (χ4v) is 5.70. The topological polar surface area (TPSA) is 63.2 Å². The molecule has 4 nitrogen and oxygen atoms in total. The summed E-state index contributed by atoms with van der Waals surface area (Å²) >= 11 is 0. The number of fused-ring (bicyclic) bond motifs is 1. The fraction of sp³-hybridized carbons (Fsp3) is 0.130. The molecular formula is C23H21NO3S2. The monoisotopic (exact) mass is 423 g/mol. The molecule has 0 fully saturated rings. The van der Waals surface area contributed by atoms with Crippen LogP contribution >= 0.6 is 0 Å². The van der Waals surface area contributed by atoms with Gasteiger partial charge in [0.2, 0.25) is 0 Å². The number of hydrogen-bond donors (Lipinski definition) is 1. The number of hydrogen-bond acceptors (Lipinski definition) is 3. The Morgan fingerprint density at radius 1 is 0.862 bits per heavy atom. The normalized spacial score (nSPS) is 14.6. The van der Waals surface area contributed by atoms with Crippen molar-refractivity contribution in [2.75, 3.05) is 4.72 Å². The SMILES string of the molecule is O=S(Cc1cccc(NS(=O)(=O)C2=Cc3ccccc3CC2)c1)c1ccccc1. The summed E-state index contributed by atoms with van der Waals surface area (Å²) in [4.78, 5) is 1.14. The molecule has 0 saturated carbocycles.